The highest BCUT2D eigenvalue weighted by Gasteiger charge is 2.16. The fourth-order valence-corrected chi connectivity index (χ4v) is 5.50. The van der Waals surface area contributed by atoms with Crippen molar-refractivity contribution < 1.29 is 8.83 Å². The highest BCUT2D eigenvalue weighted by Crippen LogP contribution is 2.37. The summed E-state index contributed by atoms with van der Waals surface area (Å²) in [5, 5.41) is 2.25. The topological polar surface area (TPSA) is 39.2 Å². The molecular formula is C37H23NO2. The van der Waals surface area contributed by atoms with Crippen molar-refractivity contribution in [1.29, 1.82) is 0 Å². The Hall–Kier alpha value is -5.41. The van der Waals surface area contributed by atoms with E-state index in [0.717, 1.165) is 72.0 Å². The molecule has 0 N–H and O–H groups in total. The van der Waals surface area contributed by atoms with Crippen molar-refractivity contribution in [2.24, 2.45) is 0 Å². The summed E-state index contributed by atoms with van der Waals surface area (Å²) >= 11 is 0. The second kappa shape index (κ2) is 9.11. The lowest BCUT2D eigenvalue weighted by atomic mass is 9.98. The molecule has 0 aliphatic rings. The van der Waals surface area contributed by atoms with Gasteiger partial charge in [0.05, 0.1) is 0 Å². The van der Waals surface area contributed by atoms with Gasteiger partial charge < -0.3 is 8.83 Å². The van der Waals surface area contributed by atoms with Gasteiger partial charge in [-0.3, -0.25) is 0 Å². The van der Waals surface area contributed by atoms with E-state index in [-0.39, 0.29) is 0 Å². The van der Waals surface area contributed by atoms with Crippen molar-refractivity contribution >= 4 is 33.0 Å². The van der Waals surface area contributed by atoms with Crippen molar-refractivity contribution in [2.75, 3.05) is 0 Å². The van der Waals surface area contributed by atoms with Gasteiger partial charge in [0, 0.05) is 21.9 Å². The fraction of sp³-hybridized carbons (Fsp3) is 0. The predicted octanol–water partition coefficient (Wildman–Crippen LogP) is 10.4. The highest BCUT2D eigenvalue weighted by molar-refractivity contribution is 6.06. The third kappa shape index (κ3) is 3.79. The third-order valence-electron chi connectivity index (χ3n) is 7.53. The van der Waals surface area contributed by atoms with E-state index >= 15 is 0 Å². The maximum absolute atomic E-state index is 6.40. The maximum atomic E-state index is 6.40. The van der Waals surface area contributed by atoms with E-state index in [9.17, 15) is 0 Å². The monoisotopic (exact) mass is 513 g/mol. The summed E-state index contributed by atoms with van der Waals surface area (Å²) in [4.78, 5) is 4.99. The van der Waals surface area contributed by atoms with Gasteiger partial charge in [-0.15, -0.1) is 0 Å². The van der Waals surface area contributed by atoms with Gasteiger partial charge in [0.25, 0.3) is 0 Å². The summed E-state index contributed by atoms with van der Waals surface area (Å²) in [7, 11) is 0. The predicted molar refractivity (Wildman–Crippen MR) is 163 cm³/mol. The molecule has 188 valence electrons. The van der Waals surface area contributed by atoms with Crippen molar-refractivity contribution in [3.8, 4) is 44.8 Å². The Morgan fingerprint density at radius 3 is 1.80 bits per heavy atom. The van der Waals surface area contributed by atoms with Gasteiger partial charge in [0.1, 0.15) is 16.7 Å². The average molecular weight is 514 g/mol. The zero-order valence-electron chi connectivity index (χ0n) is 21.5. The first-order valence-corrected chi connectivity index (χ1v) is 13.4. The van der Waals surface area contributed by atoms with Crippen LogP contribution in [0.15, 0.2) is 148 Å². The Labute approximate surface area is 231 Å². The fourth-order valence-electron chi connectivity index (χ4n) is 5.50. The SMILES string of the molecule is c1ccc(-c2cc(-c3ccccc3)c3nc(-c4ccc(-c5ccc6oc7ccccc7c6c5)cc4)oc3c2)cc1. The number of fused-ring (bicyclic) bond motifs is 4. The van der Waals surface area contributed by atoms with Gasteiger partial charge in [-0.05, 0) is 70.3 Å². The van der Waals surface area contributed by atoms with Crippen LogP contribution in [0.2, 0.25) is 0 Å². The normalized spacial score (nSPS) is 11.5. The molecule has 2 aromatic heterocycles. The Bertz CT molecular complexity index is 2140. The number of furan rings is 1. The van der Waals surface area contributed by atoms with E-state index in [0.29, 0.717) is 5.89 Å². The van der Waals surface area contributed by atoms with E-state index in [4.69, 9.17) is 13.8 Å². The number of nitrogens with zero attached hydrogens (tertiary/aromatic N) is 1. The third-order valence-corrected chi connectivity index (χ3v) is 7.53. The molecular weight excluding hydrogens is 490 g/mol. The zero-order valence-corrected chi connectivity index (χ0v) is 21.5. The Balaban J connectivity index is 1.21. The molecule has 0 unspecified atom stereocenters. The first-order chi connectivity index (χ1) is 19.8. The lowest BCUT2D eigenvalue weighted by Crippen LogP contribution is -1.84. The van der Waals surface area contributed by atoms with Crippen LogP contribution in [0.4, 0.5) is 0 Å². The first-order valence-electron chi connectivity index (χ1n) is 13.4. The minimum absolute atomic E-state index is 0.611. The number of hydrogen-bond donors (Lipinski definition) is 0. The van der Waals surface area contributed by atoms with Crippen molar-refractivity contribution in [2.45, 2.75) is 0 Å². The minimum atomic E-state index is 0.611. The number of oxazole rings is 1. The summed E-state index contributed by atoms with van der Waals surface area (Å²) in [6.07, 6.45) is 0. The molecule has 0 aliphatic heterocycles. The van der Waals surface area contributed by atoms with Crippen LogP contribution in [0.1, 0.15) is 0 Å². The molecule has 0 fully saturated rings. The number of aromatic nitrogens is 1. The van der Waals surface area contributed by atoms with E-state index in [1.54, 1.807) is 0 Å². The van der Waals surface area contributed by atoms with Crippen molar-refractivity contribution in [1.82, 2.24) is 4.98 Å². The summed E-state index contributed by atoms with van der Waals surface area (Å²) in [5.74, 6) is 0.611. The standard InChI is InChI=1S/C37H23NO2/c1-3-9-24(10-4-1)29-22-31(26-11-5-2-6-12-26)36-35(23-29)40-37(38-36)27-17-15-25(16-18-27)28-19-20-34-32(21-28)30-13-7-8-14-33(30)39-34/h1-23H. The number of benzene rings is 6. The van der Waals surface area contributed by atoms with E-state index in [1.165, 1.54) is 0 Å². The van der Waals surface area contributed by atoms with Crippen LogP contribution >= 0.6 is 0 Å². The smallest absolute Gasteiger partial charge is 0.227 e. The molecule has 3 nitrogen and oxygen atoms in total. The number of para-hydroxylation sites is 1. The second-order valence-corrected chi connectivity index (χ2v) is 10.0. The molecule has 8 aromatic rings. The lowest BCUT2D eigenvalue weighted by Gasteiger charge is -2.07. The molecule has 0 saturated heterocycles. The molecule has 2 heterocycles. The van der Waals surface area contributed by atoms with Crippen LogP contribution < -0.4 is 0 Å². The second-order valence-electron chi connectivity index (χ2n) is 10.0. The van der Waals surface area contributed by atoms with Gasteiger partial charge in [0.2, 0.25) is 5.89 Å². The van der Waals surface area contributed by atoms with Gasteiger partial charge in [0.15, 0.2) is 5.58 Å². The summed E-state index contributed by atoms with van der Waals surface area (Å²) in [5.41, 5.74) is 11.1. The molecule has 0 saturated carbocycles. The number of hydrogen-bond acceptors (Lipinski definition) is 3. The lowest BCUT2D eigenvalue weighted by molar-refractivity contribution is 0.620. The molecule has 3 heteroatoms. The van der Waals surface area contributed by atoms with Crippen LogP contribution in [0.3, 0.4) is 0 Å². The Kier molecular flexibility index (Phi) is 5.14. The minimum Gasteiger partial charge on any atom is -0.456 e. The van der Waals surface area contributed by atoms with Crippen LogP contribution in [-0.2, 0) is 0 Å². The van der Waals surface area contributed by atoms with E-state index in [2.05, 4.69) is 109 Å². The van der Waals surface area contributed by atoms with Gasteiger partial charge >= 0.3 is 0 Å². The van der Waals surface area contributed by atoms with Gasteiger partial charge in [-0.2, -0.15) is 0 Å². The molecule has 0 atom stereocenters. The highest BCUT2D eigenvalue weighted by atomic mass is 16.3. The quantitative estimate of drug-likeness (QED) is 0.235. The summed E-state index contributed by atoms with van der Waals surface area (Å²) in [6.45, 7) is 0. The molecule has 8 rings (SSSR count). The van der Waals surface area contributed by atoms with E-state index in [1.807, 2.05) is 30.3 Å². The van der Waals surface area contributed by atoms with Crippen molar-refractivity contribution in [3.05, 3.63) is 140 Å². The molecule has 40 heavy (non-hydrogen) atoms. The maximum Gasteiger partial charge on any atom is 0.227 e. The molecule has 0 spiro atoms. The largest absolute Gasteiger partial charge is 0.456 e. The van der Waals surface area contributed by atoms with E-state index < -0.39 is 0 Å². The molecule has 0 bridgehead atoms. The van der Waals surface area contributed by atoms with Crippen LogP contribution in [0.25, 0.3) is 77.9 Å². The first kappa shape index (κ1) is 22.6. The molecule has 0 amide bonds. The molecule has 0 aliphatic carbocycles. The van der Waals surface area contributed by atoms with Crippen LogP contribution in [-0.4, -0.2) is 4.98 Å². The Morgan fingerprint density at radius 2 is 1.00 bits per heavy atom. The zero-order chi connectivity index (χ0) is 26.5. The van der Waals surface area contributed by atoms with Gasteiger partial charge in [-0.25, -0.2) is 4.98 Å². The number of rotatable bonds is 4. The van der Waals surface area contributed by atoms with Gasteiger partial charge in [-0.1, -0.05) is 97.1 Å². The summed E-state index contributed by atoms with van der Waals surface area (Å²) < 4.78 is 12.4. The molecule has 0 radical (unpaired) electrons. The average Bonchev–Trinajstić information content (AvgIpc) is 3.63. The summed E-state index contributed by atoms with van der Waals surface area (Å²) in [6, 6.07) is 48.0. The molecule has 6 aromatic carbocycles. The van der Waals surface area contributed by atoms with Crippen molar-refractivity contribution in [3.63, 3.8) is 0 Å². The Morgan fingerprint density at radius 1 is 0.375 bits per heavy atom. The van der Waals surface area contributed by atoms with Crippen LogP contribution in [0.5, 0.6) is 0 Å². The van der Waals surface area contributed by atoms with Crippen LogP contribution in [0, 0.1) is 0 Å².